The Morgan fingerprint density at radius 1 is 1.07 bits per heavy atom. The minimum Gasteiger partial charge on any atom is -0.325 e. The number of amides is 4. The van der Waals surface area contributed by atoms with Crippen LogP contribution >= 0.6 is 0 Å². The van der Waals surface area contributed by atoms with Crippen molar-refractivity contribution < 1.29 is 14.4 Å². The third kappa shape index (κ3) is 3.70. The van der Waals surface area contributed by atoms with Crippen LogP contribution in [0.5, 0.6) is 0 Å². The number of urea groups is 1. The lowest BCUT2D eigenvalue weighted by molar-refractivity contribution is -0.134. The van der Waals surface area contributed by atoms with Gasteiger partial charge in [0.2, 0.25) is 5.91 Å². The van der Waals surface area contributed by atoms with Crippen LogP contribution in [0, 0.1) is 0 Å². The van der Waals surface area contributed by atoms with Crippen molar-refractivity contribution in [2.24, 2.45) is 0 Å². The Balaban J connectivity index is 1.43. The molecule has 1 spiro atoms. The molecule has 4 rings (SSSR count). The van der Waals surface area contributed by atoms with E-state index in [0.29, 0.717) is 18.5 Å². The van der Waals surface area contributed by atoms with Crippen LogP contribution in [0.2, 0.25) is 0 Å². The summed E-state index contributed by atoms with van der Waals surface area (Å²) < 4.78 is 0. The number of rotatable bonds is 3. The molecule has 1 heterocycles. The standard InChI is InChI=1S/C24H27N3O3/c1-23(2,3)18-8-10-19(11-9-18)25-20(28)15-27-21(29)24(26-22(27)30)13-12-16-6-4-5-7-17(16)14-24/h4-11H,12-15H2,1-3H3,(H,25,28)(H,26,30). The number of benzene rings is 2. The van der Waals surface area contributed by atoms with Crippen molar-refractivity contribution in [3.63, 3.8) is 0 Å². The van der Waals surface area contributed by atoms with Crippen molar-refractivity contribution >= 4 is 23.5 Å². The van der Waals surface area contributed by atoms with Crippen molar-refractivity contribution in [2.45, 2.75) is 51.0 Å². The molecular formula is C24H27N3O3. The molecule has 1 aliphatic heterocycles. The number of hydrogen-bond acceptors (Lipinski definition) is 3. The number of hydrogen-bond donors (Lipinski definition) is 2. The maximum Gasteiger partial charge on any atom is 0.325 e. The second kappa shape index (κ2) is 7.27. The first kappa shape index (κ1) is 20.1. The summed E-state index contributed by atoms with van der Waals surface area (Å²) in [7, 11) is 0. The normalized spacial score (nSPS) is 20.8. The third-order valence-corrected chi connectivity index (χ3v) is 6.01. The molecule has 2 aromatic rings. The number of fused-ring (bicyclic) bond motifs is 1. The molecule has 2 aliphatic rings. The number of carbonyl (C=O) groups excluding carboxylic acids is 3. The van der Waals surface area contributed by atoms with Gasteiger partial charge in [-0.25, -0.2) is 4.79 Å². The first-order valence-electron chi connectivity index (χ1n) is 10.3. The Hall–Kier alpha value is -3.15. The lowest BCUT2D eigenvalue weighted by Crippen LogP contribution is -2.51. The van der Waals surface area contributed by atoms with Gasteiger partial charge in [-0.05, 0) is 47.1 Å². The van der Waals surface area contributed by atoms with Gasteiger partial charge in [0, 0.05) is 12.1 Å². The number of imide groups is 1. The van der Waals surface area contributed by atoms with E-state index in [4.69, 9.17) is 0 Å². The Labute approximate surface area is 176 Å². The van der Waals surface area contributed by atoms with Crippen LogP contribution in [0.4, 0.5) is 10.5 Å². The average Bonchev–Trinajstić information content (AvgIpc) is 2.91. The molecule has 6 nitrogen and oxygen atoms in total. The van der Waals surface area contributed by atoms with Crippen LogP contribution in [0.15, 0.2) is 48.5 Å². The molecule has 156 valence electrons. The number of aryl methyl sites for hydroxylation is 1. The van der Waals surface area contributed by atoms with E-state index >= 15 is 0 Å². The quantitative estimate of drug-likeness (QED) is 0.768. The molecule has 4 amide bonds. The molecule has 0 aromatic heterocycles. The number of nitrogens with zero attached hydrogens (tertiary/aromatic N) is 1. The molecular weight excluding hydrogens is 378 g/mol. The summed E-state index contributed by atoms with van der Waals surface area (Å²) in [5.41, 5.74) is 3.16. The van der Waals surface area contributed by atoms with Gasteiger partial charge in [-0.15, -0.1) is 0 Å². The summed E-state index contributed by atoms with van der Waals surface area (Å²) in [6.45, 7) is 6.07. The smallest absolute Gasteiger partial charge is 0.325 e. The van der Waals surface area contributed by atoms with Crippen molar-refractivity contribution in [2.75, 3.05) is 11.9 Å². The summed E-state index contributed by atoms with van der Waals surface area (Å²) >= 11 is 0. The summed E-state index contributed by atoms with van der Waals surface area (Å²) in [5.74, 6) is -0.712. The summed E-state index contributed by atoms with van der Waals surface area (Å²) in [4.78, 5) is 39.2. The van der Waals surface area contributed by atoms with Gasteiger partial charge < -0.3 is 10.6 Å². The molecule has 0 saturated carbocycles. The molecule has 1 unspecified atom stereocenters. The fourth-order valence-electron chi connectivity index (χ4n) is 4.24. The van der Waals surface area contributed by atoms with Gasteiger partial charge in [-0.2, -0.15) is 0 Å². The Kier molecular flexibility index (Phi) is 4.88. The van der Waals surface area contributed by atoms with Gasteiger partial charge in [-0.1, -0.05) is 57.2 Å². The van der Waals surface area contributed by atoms with Gasteiger partial charge >= 0.3 is 6.03 Å². The largest absolute Gasteiger partial charge is 0.325 e. The van der Waals surface area contributed by atoms with E-state index in [1.807, 2.05) is 42.5 Å². The molecule has 2 N–H and O–H groups in total. The summed E-state index contributed by atoms with van der Waals surface area (Å²) in [6, 6.07) is 15.1. The molecule has 6 heteroatoms. The summed E-state index contributed by atoms with van der Waals surface area (Å²) in [5, 5.41) is 5.64. The molecule has 1 atom stereocenters. The minimum atomic E-state index is -0.944. The van der Waals surface area contributed by atoms with E-state index < -0.39 is 17.5 Å². The zero-order chi connectivity index (χ0) is 21.5. The molecule has 2 aromatic carbocycles. The van der Waals surface area contributed by atoms with Crippen molar-refractivity contribution in [3.8, 4) is 0 Å². The Morgan fingerprint density at radius 3 is 2.40 bits per heavy atom. The highest BCUT2D eigenvalue weighted by molar-refractivity contribution is 6.10. The van der Waals surface area contributed by atoms with E-state index in [-0.39, 0.29) is 17.9 Å². The fraction of sp³-hybridized carbons (Fsp3) is 0.375. The highest BCUT2D eigenvalue weighted by Gasteiger charge is 2.52. The van der Waals surface area contributed by atoms with E-state index in [1.165, 1.54) is 5.56 Å². The van der Waals surface area contributed by atoms with E-state index in [1.54, 1.807) is 0 Å². The SMILES string of the molecule is CC(C)(C)c1ccc(NC(=O)CN2C(=O)NC3(CCc4ccccc4C3)C2=O)cc1. The lowest BCUT2D eigenvalue weighted by atomic mass is 9.78. The Bertz CT molecular complexity index is 1010. The topological polar surface area (TPSA) is 78.5 Å². The minimum absolute atomic E-state index is 0.0233. The average molecular weight is 405 g/mol. The molecule has 1 saturated heterocycles. The fourth-order valence-corrected chi connectivity index (χ4v) is 4.24. The lowest BCUT2D eigenvalue weighted by Gasteiger charge is -2.32. The maximum absolute atomic E-state index is 13.1. The molecule has 1 aliphatic carbocycles. The zero-order valence-corrected chi connectivity index (χ0v) is 17.6. The highest BCUT2D eigenvalue weighted by Crippen LogP contribution is 2.33. The van der Waals surface area contributed by atoms with Crippen molar-refractivity contribution in [3.05, 3.63) is 65.2 Å². The van der Waals surface area contributed by atoms with Crippen LogP contribution in [-0.2, 0) is 27.8 Å². The first-order chi connectivity index (χ1) is 14.2. The van der Waals surface area contributed by atoms with Gasteiger partial charge in [0.05, 0.1) is 0 Å². The van der Waals surface area contributed by atoms with Crippen LogP contribution in [0.1, 0.15) is 43.9 Å². The second-order valence-corrected chi connectivity index (χ2v) is 9.22. The van der Waals surface area contributed by atoms with Crippen LogP contribution in [0.3, 0.4) is 0 Å². The number of carbonyl (C=O) groups is 3. The van der Waals surface area contributed by atoms with Crippen LogP contribution in [0.25, 0.3) is 0 Å². The predicted octanol–water partition coefficient (Wildman–Crippen LogP) is 3.40. The Morgan fingerprint density at radius 2 is 1.73 bits per heavy atom. The molecule has 30 heavy (non-hydrogen) atoms. The molecule has 0 radical (unpaired) electrons. The van der Waals surface area contributed by atoms with Crippen molar-refractivity contribution in [1.82, 2.24) is 10.2 Å². The van der Waals surface area contributed by atoms with Crippen LogP contribution in [-0.4, -0.2) is 34.8 Å². The first-order valence-corrected chi connectivity index (χ1v) is 10.3. The van der Waals surface area contributed by atoms with E-state index in [2.05, 4.69) is 37.5 Å². The maximum atomic E-state index is 13.1. The van der Waals surface area contributed by atoms with Gasteiger partial charge in [0.15, 0.2) is 0 Å². The number of nitrogens with one attached hydrogen (secondary N) is 2. The molecule has 1 fully saturated rings. The van der Waals surface area contributed by atoms with Gasteiger partial charge in [0.25, 0.3) is 5.91 Å². The zero-order valence-electron chi connectivity index (χ0n) is 17.6. The highest BCUT2D eigenvalue weighted by atomic mass is 16.2. The van der Waals surface area contributed by atoms with E-state index in [9.17, 15) is 14.4 Å². The van der Waals surface area contributed by atoms with Gasteiger partial charge in [0.1, 0.15) is 12.1 Å². The van der Waals surface area contributed by atoms with Crippen molar-refractivity contribution in [1.29, 1.82) is 0 Å². The second-order valence-electron chi connectivity index (χ2n) is 9.22. The molecule has 0 bridgehead atoms. The number of anilines is 1. The van der Waals surface area contributed by atoms with Gasteiger partial charge in [-0.3, -0.25) is 14.5 Å². The predicted molar refractivity (Wildman–Crippen MR) is 115 cm³/mol. The third-order valence-electron chi connectivity index (χ3n) is 6.01. The van der Waals surface area contributed by atoms with Crippen LogP contribution < -0.4 is 10.6 Å². The van der Waals surface area contributed by atoms with E-state index in [0.717, 1.165) is 22.4 Å². The monoisotopic (exact) mass is 405 g/mol. The summed E-state index contributed by atoms with van der Waals surface area (Å²) in [6.07, 6.45) is 1.73.